The van der Waals surface area contributed by atoms with Crippen LogP contribution in [0.3, 0.4) is 0 Å². The standard InChI is InChI=1S/C11H13NO2S/c12-8-6-9(15-10(8)11(13)14)7-4-2-1-3-5-7/h4,6H,1-3,5,12H2,(H,13,14). The van der Waals surface area contributed by atoms with Crippen LogP contribution in [0.5, 0.6) is 0 Å². The van der Waals surface area contributed by atoms with Gasteiger partial charge in [0.15, 0.2) is 0 Å². The zero-order valence-corrected chi connectivity index (χ0v) is 9.14. The fourth-order valence-corrected chi connectivity index (χ4v) is 2.78. The second-order valence-corrected chi connectivity index (χ2v) is 4.73. The molecule has 2 rings (SSSR count). The summed E-state index contributed by atoms with van der Waals surface area (Å²) in [6.07, 6.45) is 6.75. The van der Waals surface area contributed by atoms with Gasteiger partial charge in [-0.1, -0.05) is 6.08 Å². The maximum absolute atomic E-state index is 10.8. The van der Waals surface area contributed by atoms with Gasteiger partial charge in [0.2, 0.25) is 0 Å². The van der Waals surface area contributed by atoms with Gasteiger partial charge in [0.05, 0.1) is 5.69 Å². The molecule has 3 N–H and O–H groups in total. The smallest absolute Gasteiger partial charge is 0.348 e. The normalized spacial score (nSPS) is 16.1. The molecule has 0 bridgehead atoms. The van der Waals surface area contributed by atoms with Gasteiger partial charge in [0.1, 0.15) is 4.88 Å². The van der Waals surface area contributed by atoms with E-state index in [-0.39, 0.29) is 4.88 Å². The summed E-state index contributed by atoms with van der Waals surface area (Å²) in [6, 6.07) is 1.78. The molecule has 80 valence electrons. The Hall–Kier alpha value is -1.29. The summed E-state index contributed by atoms with van der Waals surface area (Å²) in [5, 5.41) is 8.89. The Kier molecular flexibility index (Phi) is 2.77. The Morgan fingerprint density at radius 1 is 1.47 bits per heavy atom. The number of nitrogens with two attached hydrogens (primary N) is 1. The van der Waals surface area contributed by atoms with Crippen molar-refractivity contribution >= 4 is 28.6 Å². The van der Waals surface area contributed by atoms with E-state index in [0.717, 1.165) is 17.7 Å². The predicted octanol–water partition coefficient (Wildman–Crippen LogP) is 2.99. The van der Waals surface area contributed by atoms with Crippen molar-refractivity contribution in [2.75, 3.05) is 5.73 Å². The summed E-state index contributed by atoms with van der Waals surface area (Å²) in [7, 11) is 0. The molecule has 0 atom stereocenters. The molecule has 0 saturated carbocycles. The van der Waals surface area contributed by atoms with Crippen LogP contribution in [-0.4, -0.2) is 11.1 Å². The van der Waals surface area contributed by atoms with Gasteiger partial charge < -0.3 is 10.8 Å². The Bertz CT molecular complexity index is 420. The number of carboxylic acids is 1. The van der Waals surface area contributed by atoms with Gasteiger partial charge in [-0.25, -0.2) is 4.79 Å². The topological polar surface area (TPSA) is 63.3 Å². The summed E-state index contributed by atoms with van der Waals surface area (Å²) >= 11 is 1.28. The van der Waals surface area contributed by atoms with Crippen molar-refractivity contribution in [3.63, 3.8) is 0 Å². The molecule has 1 aliphatic rings. The van der Waals surface area contributed by atoms with E-state index in [4.69, 9.17) is 10.8 Å². The second-order valence-electron chi connectivity index (χ2n) is 3.68. The molecule has 0 fully saturated rings. The van der Waals surface area contributed by atoms with Crippen LogP contribution in [0.4, 0.5) is 5.69 Å². The van der Waals surface area contributed by atoms with Crippen LogP contribution in [0.25, 0.3) is 5.57 Å². The lowest BCUT2D eigenvalue weighted by atomic mass is 9.98. The summed E-state index contributed by atoms with van der Waals surface area (Å²) in [5.41, 5.74) is 7.29. The first kappa shape index (κ1) is 10.2. The monoisotopic (exact) mass is 223 g/mol. The average Bonchev–Trinajstić information content (AvgIpc) is 2.62. The molecule has 15 heavy (non-hydrogen) atoms. The zero-order valence-electron chi connectivity index (χ0n) is 8.32. The molecule has 1 heterocycles. The number of nitrogen functional groups attached to an aromatic ring is 1. The third-order valence-corrected chi connectivity index (χ3v) is 3.78. The summed E-state index contributed by atoms with van der Waals surface area (Å²) in [4.78, 5) is 12.1. The van der Waals surface area contributed by atoms with Gasteiger partial charge >= 0.3 is 5.97 Å². The number of anilines is 1. The van der Waals surface area contributed by atoms with E-state index in [2.05, 4.69) is 6.08 Å². The van der Waals surface area contributed by atoms with Crippen LogP contribution in [0.1, 0.15) is 40.2 Å². The molecule has 1 aromatic heterocycles. The van der Waals surface area contributed by atoms with Crippen molar-refractivity contribution in [1.29, 1.82) is 0 Å². The molecule has 1 aromatic rings. The van der Waals surface area contributed by atoms with Gasteiger partial charge in [0, 0.05) is 4.88 Å². The van der Waals surface area contributed by atoms with Crippen molar-refractivity contribution < 1.29 is 9.90 Å². The molecule has 1 aliphatic carbocycles. The van der Waals surface area contributed by atoms with Crippen LogP contribution in [0.15, 0.2) is 12.1 Å². The van der Waals surface area contributed by atoms with Crippen molar-refractivity contribution in [3.05, 3.63) is 21.9 Å². The number of hydrogen-bond donors (Lipinski definition) is 2. The first-order chi connectivity index (χ1) is 7.18. The Balaban J connectivity index is 2.33. The van der Waals surface area contributed by atoms with E-state index >= 15 is 0 Å². The minimum absolute atomic E-state index is 0.261. The number of allylic oxidation sites excluding steroid dienone is 2. The largest absolute Gasteiger partial charge is 0.477 e. The van der Waals surface area contributed by atoms with Gasteiger partial charge in [-0.2, -0.15) is 0 Å². The van der Waals surface area contributed by atoms with E-state index in [1.165, 1.54) is 29.8 Å². The van der Waals surface area contributed by atoms with Crippen molar-refractivity contribution in [3.8, 4) is 0 Å². The minimum Gasteiger partial charge on any atom is -0.477 e. The maximum Gasteiger partial charge on any atom is 0.348 e. The number of carboxylic acid groups (broad SMARTS) is 1. The maximum atomic E-state index is 10.8. The molecule has 3 nitrogen and oxygen atoms in total. The highest BCUT2D eigenvalue weighted by atomic mass is 32.1. The quantitative estimate of drug-likeness (QED) is 0.810. The number of carbonyl (C=O) groups is 1. The summed E-state index contributed by atoms with van der Waals surface area (Å²) in [6.45, 7) is 0. The number of rotatable bonds is 2. The highest BCUT2D eigenvalue weighted by Gasteiger charge is 2.16. The Labute approximate surface area is 92.2 Å². The zero-order chi connectivity index (χ0) is 10.8. The highest BCUT2D eigenvalue weighted by Crippen LogP contribution is 2.34. The number of aromatic carboxylic acids is 1. The predicted molar refractivity (Wildman–Crippen MR) is 62.1 cm³/mol. The first-order valence-corrected chi connectivity index (χ1v) is 5.82. The fourth-order valence-electron chi connectivity index (χ4n) is 1.79. The van der Waals surface area contributed by atoms with Crippen LogP contribution in [-0.2, 0) is 0 Å². The average molecular weight is 223 g/mol. The summed E-state index contributed by atoms with van der Waals surface area (Å²) in [5.74, 6) is -0.930. The molecule has 0 aromatic carbocycles. The van der Waals surface area contributed by atoms with E-state index in [0.29, 0.717) is 5.69 Å². The number of hydrogen-bond acceptors (Lipinski definition) is 3. The third kappa shape index (κ3) is 2.04. The van der Waals surface area contributed by atoms with Crippen molar-refractivity contribution in [1.82, 2.24) is 0 Å². The molecular formula is C11H13NO2S. The van der Waals surface area contributed by atoms with Crippen molar-refractivity contribution in [2.24, 2.45) is 0 Å². The van der Waals surface area contributed by atoms with Crippen LogP contribution < -0.4 is 5.73 Å². The van der Waals surface area contributed by atoms with E-state index in [9.17, 15) is 4.79 Å². The first-order valence-electron chi connectivity index (χ1n) is 5.00. The molecule has 0 radical (unpaired) electrons. The molecule has 0 amide bonds. The number of thiophene rings is 1. The van der Waals surface area contributed by atoms with E-state index in [1.54, 1.807) is 6.07 Å². The van der Waals surface area contributed by atoms with Gasteiger partial charge in [-0.05, 0) is 37.3 Å². The molecule has 0 saturated heterocycles. The fraction of sp³-hybridized carbons (Fsp3) is 0.364. The molecule has 0 spiro atoms. The Morgan fingerprint density at radius 3 is 2.80 bits per heavy atom. The van der Waals surface area contributed by atoms with E-state index < -0.39 is 5.97 Å². The highest BCUT2D eigenvalue weighted by molar-refractivity contribution is 7.15. The van der Waals surface area contributed by atoms with Crippen LogP contribution in [0.2, 0.25) is 0 Å². The SMILES string of the molecule is Nc1cc(C2=CCCCC2)sc1C(=O)O. The molecule has 0 unspecified atom stereocenters. The molecule has 0 aliphatic heterocycles. The van der Waals surface area contributed by atoms with Gasteiger partial charge in [0.25, 0.3) is 0 Å². The Morgan fingerprint density at radius 2 is 2.27 bits per heavy atom. The molecule has 4 heteroatoms. The van der Waals surface area contributed by atoms with Crippen LogP contribution in [0, 0.1) is 0 Å². The van der Waals surface area contributed by atoms with Crippen molar-refractivity contribution in [2.45, 2.75) is 25.7 Å². The summed E-state index contributed by atoms with van der Waals surface area (Å²) < 4.78 is 0. The second kappa shape index (κ2) is 4.06. The van der Waals surface area contributed by atoms with Gasteiger partial charge in [-0.15, -0.1) is 11.3 Å². The minimum atomic E-state index is -0.930. The van der Waals surface area contributed by atoms with Gasteiger partial charge in [-0.3, -0.25) is 0 Å². The molecular weight excluding hydrogens is 210 g/mol. The lowest BCUT2D eigenvalue weighted by Gasteiger charge is -2.10. The van der Waals surface area contributed by atoms with E-state index in [1.807, 2.05) is 0 Å². The lowest BCUT2D eigenvalue weighted by Crippen LogP contribution is -1.96. The third-order valence-electron chi connectivity index (χ3n) is 2.56. The lowest BCUT2D eigenvalue weighted by molar-refractivity contribution is 0.0703. The van der Waals surface area contributed by atoms with Crippen LogP contribution >= 0.6 is 11.3 Å².